The maximum Gasteiger partial charge on any atom is 0.178 e. The van der Waals surface area contributed by atoms with Crippen molar-refractivity contribution in [3.8, 4) is 11.5 Å². The number of aromatic nitrogens is 4. The number of fused-ring (bicyclic) bond motifs is 1. The lowest BCUT2D eigenvalue weighted by molar-refractivity contribution is 1.21. The first-order valence-electron chi connectivity index (χ1n) is 5.07. The summed E-state index contributed by atoms with van der Waals surface area (Å²) in [6, 6.07) is 7.80. The molecule has 3 aromatic rings. The van der Waals surface area contributed by atoms with Crippen LogP contribution in [-0.2, 0) is 0 Å². The summed E-state index contributed by atoms with van der Waals surface area (Å²) >= 11 is 0. The molecule has 3 rings (SSSR count). The number of imidazole rings is 1. The van der Waals surface area contributed by atoms with Gasteiger partial charge in [-0.25, -0.2) is 9.97 Å². The molecule has 0 saturated heterocycles. The summed E-state index contributed by atoms with van der Waals surface area (Å²) in [5.74, 6) is 0.761. The van der Waals surface area contributed by atoms with E-state index in [9.17, 15) is 0 Å². The number of aromatic amines is 1. The van der Waals surface area contributed by atoms with Crippen LogP contribution in [-0.4, -0.2) is 19.9 Å². The topological polar surface area (TPSA) is 54.5 Å². The zero-order chi connectivity index (χ0) is 11.0. The van der Waals surface area contributed by atoms with Gasteiger partial charge in [0.2, 0.25) is 0 Å². The van der Waals surface area contributed by atoms with Gasteiger partial charge in [-0.1, -0.05) is 0 Å². The molecule has 3 heterocycles. The third-order valence-electron chi connectivity index (χ3n) is 2.42. The molecule has 0 saturated carbocycles. The van der Waals surface area contributed by atoms with Crippen LogP contribution >= 0.6 is 0 Å². The zero-order valence-corrected chi connectivity index (χ0v) is 8.81. The van der Waals surface area contributed by atoms with Crippen molar-refractivity contribution in [1.82, 2.24) is 19.9 Å². The standard InChI is InChI=1S/C12H10N4/c1-8-4-6-13-10(7-8)12-15-9-3-2-5-14-11(9)16-12/h2-7H,1H3,(H,14,15,16). The Kier molecular flexibility index (Phi) is 1.93. The van der Waals surface area contributed by atoms with Crippen LogP contribution in [0.3, 0.4) is 0 Å². The SMILES string of the molecule is Cc1ccnc(-c2nc3ncccc3[nH]2)c1. The largest absolute Gasteiger partial charge is 0.335 e. The number of rotatable bonds is 1. The minimum atomic E-state index is 0.723. The highest BCUT2D eigenvalue weighted by Crippen LogP contribution is 2.17. The molecule has 0 fully saturated rings. The average molecular weight is 210 g/mol. The Morgan fingerprint density at radius 3 is 2.88 bits per heavy atom. The van der Waals surface area contributed by atoms with Crippen molar-refractivity contribution in [1.29, 1.82) is 0 Å². The molecule has 4 heteroatoms. The lowest BCUT2D eigenvalue weighted by atomic mass is 10.2. The summed E-state index contributed by atoms with van der Waals surface area (Å²) < 4.78 is 0. The third kappa shape index (κ3) is 1.44. The van der Waals surface area contributed by atoms with Crippen molar-refractivity contribution in [3.05, 3.63) is 42.2 Å². The fourth-order valence-electron chi connectivity index (χ4n) is 1.63. The van der Waals surface area contributed by atoms with Gasteiger partial charge in [0.1, 0.15) is 5.69 Å². The van der Waals surface area contributed by atoms with Gasteiger partial charge in [0.05, 0.1) is 5.52 Å². The second-order valence-corrected chi connectivity index (χ2v) is 3.68. The Balaban J connectivity index is 2.19. The highest BCUT2D eigenvalue weighted by molar-refractivity contribution is 5.74. The van der Waals surface area contributed by atoms with E-state index in [1.807, 2.05) is 31.2 Å². The van der Waals surface area contributed by atoms with Crippen molar-refractivity contribution >= 4 is 11.2 Å². The molecule has 1 N–H and O–H groups in total. The number of hydrogen-bond acceptors (Lipinski definition) is 3. The van der Waals surface area contributed by atoms with Crippen LogP contribution in [0.2, 0.25) is 0 Å². The fraction of sp³-hybridized carbons (Fsp3) is 0.0833. The van der Waals surface area contributed by atoms with E-state index in [0.29, 0.717) is 0 Å². The number of hydrogen-bond donors (Lipinski definition) is 1. The lowest BCUT2D eigenvalue weighted by Crippen LogP contribution is -1.85. The Morgan fingerprint density at radius 1 is 1.12 bits per heavy atom. The highest BCUT2D eigenvalue weighted by atomic mass is 15.0. The van der Waals surface area contributed by atoms with Crippen LogP contribution in [0.4, 0.5) is 0 Å². The predicted octanol–water partition coefficient (Wildman–Crippen LogP) is 2.33. The molecular formula is C12H10N4. The second-order valence-electron chi connectivity index (χ2n) is 3.68. The van der Waals surface area contributed by atoms with Crippen molar-refractivity contribution in [2.24, 2.45) is 0 Å². The summed E-state index contributed by atoms with van der Waals surface area (Å²) in [6.45, 7) is 2.03. The monoisotopic (exact) mass is 210 g/mol. The fourth-order valence-corrected chi connectivity index (χ4v) is 1.63. The maximum atomic E-state index is 4.39. The normalized spacial score (nSPS) is 10.8. The molecule has 3 aromatic heterocycles. The van der Waals surface area contributed by atoms with Gasteiger partial charge < -0.3 is 4.98 Å². The van der Waals surface area contributed by atoms with E-state index in [4.69, 9.17) is 0 Å². The van der Waals surface area contributed by atoms with Crippen molar-refractivity contribution in [2.45, 2.75) is 6.92 Å². The van der Waals surface area contributed by atoms with Gasteiger partial charge in [-0.05, 0) is 36.8 Å². The molecule has 0 atom stereocenters. The summed E-state index contributed by atoms with van der Waals surface area (Å²) in [7, 11) is 0. The van der Waals surface area contributed by atoms with Gasteiger partial charge in [-0.15, -0.1) is 0 Å². The molecule has 0 aliphatic heterocycles. The quantitative estimate of drug-likeness (QED) is 0.670. The van der Waals surface area contributed by atoms with E-state index >= 15 is 0 Å². The van der Waals surface area contributed by atoms with Gasteiger partial charge >= 0.3 is 0 Å². The zero-order valence-electron chi connectivity index (χ0n) is 8.81. The second kappa shape index (κ2) is 3.41. The Bertz CT molecular complexity index is 609. The van der Waals surface area contributed by atoms with Crippen LogP contribution in [0.25, 0.3) is 22.7 Å². The van der Waals surface area contributed by atoms with E-state index in [1.165, 1.54) is 5.56 Å². The minimum Gasteiger partial charge on any atom is -0.335 e. The third-order valence-corrected chi connectivity index (χ3v) is 2.42. The molecule has 0 radical (unpaired) electrons. The van der Waals surface area contributed by atoms with Crippen LogP contribution < -0.4 is 0 Å². The molecule has 0 spiro atoms. The molecular weight excluding hydrogens is 200 g/mol. The number of aryl methyl sites for hydroxylation is 1. The Labute approximate surface area is 92.4 Å². The van der Waals surface area contributed by atoms with E-state index in [0.717, 1.165) is 22.7 Å². The van der Waals surface area contributed by atoms with Crippen LogP contribution in [0.5, 0.6) is 0 Å². The van der Waals surface area contributed by atoms with E-state index < -0.39 is 0 Å². The molecule has 0 unspecified atom stereocenters. The van der Waals surface area contributed by atoms with Crippen molar-refractivity contribution < 1.29 is 0 Å². The summed E-state index contributed by atoms with van der Waals surface area (Å²) in [4.78, 5) is 16.1. The first-order valence-corrected chi connectivity index (χ1v) is 5.07. The summed E-state index contributed by atoms with van der Waals surface area (Å²) in [5.41, 5.74) is 3.66. The molecule has 16 heavy (non-hydrogen) atoms. The number of H-pyrrole nitrogens is 1. The first-order chi connectivity index (χ1) is 7.83. The maximum absolute atomic E-state index is 4.39. The molecule has 0 aromatic carbocycles. The average Bonchev–Trinajstić information content (AvgIpc) is 2.72. The van der Waals surface area contributed by atoms with Crippen LogP contribution in [0, 0.1) is 6.92 Å². The number of pyridine rings is 2. The Hall–Kier alpha value is -2.23. The summed E-state index contributed by atoms with van der Waals surface area (Å²) in [5, 5.41) is 0. The Morgan fingerprint density at radius 2 is 2.06 bits per heavy atom. The highest BCUT2D eigenvalue weighted by Gasteiger charge is 2.06. The molecule has 0 aliphatic carbocycles. The minimum absolute atomic E-state index is 0.723. The molecule has 0 amide bonds. The summed E-state index contributed by atoms with van der Waals surface area (Å²) in [6.07, 6.45) is 3.52. The van der Waals surface area contributed by atoms with Gasteiger partial charge in [-0.3, -0.25) is 4.98 Å². The van der Waals surface area contributed by atoms with Crippen LogP contribution in [0.15, 0.2) is 36.7 Å². The first kappa shape index (κ1) is 9.03. The molecule has 4 nitrogen and oxygen atoms in total. The van der Waals surface area contributed by atoms with Gasteiger partial charge in [-0.2, -0.15) is 0 Å². The number of nitrogens with one attached hydrogen (secondary N) is 1. The van der Waals surface area contributed by atoms with Gasteiger partial charge in [0.25, 0.3) is 0 Å². The molecule has 0 aliphatic rings. The van der Waals surface area contributed by atoms with Gasteiger partial charge in [0.15, 0.2) is 11.5 Å². The van der Waals surface area contributed by atoms with Crippen LogP contribution in [0.1, 0.15) is 5.56 Å². The smallest absolute Gasteiger partial charge is 0.178 e. The molecule has 78 valence electrons. The predicted molar refractivity (Wildman–Crippen MR) is 61.9 cm³/mol. The number of nitrogens with zero attached hydrogens (tertiary/aromatic N) is 3. The van der Waals surface area contributed by atoms with E-state index in [2.05, 4.69) is 19.9 Å². The van der Waals surface area contributed by atoms with E-state index in [1.54, 1.807) is 12.4 Å². The van der Waals surface area contributed by atoms with Crippen molar-refractivity contribution in [2.75, 3.05) is 0 Å². The van der Waals surface area contributed by atoms with E-state index in [-0.39, 0.29) is 0 Å². The van der Waals surface area contributed by atoms with Gasteiger partial charge in [0, 0.05) is 12.4 Å². The van der Waals surface area contributed by atoms with Crippen molar-refractivity contribution in [3.63, 3.8) is 0 Å². The molecule has 0 bridgehead atoms. The lowest BCUT2D eigenvalue weighted by Gasteiger charge is -1.96.